The van der Waals surface area contributed by atoms with Gasteiger partial charge in [-0.05, 0) is 11.6 Å². The third kappa shape index (κ3) is 2.96. The van der Waals surface area contributed by atoms with Gasteiger partial charge in [-0.1, -0.05) is 34.1 Å². The molecule has 1 heterocycles. The van der Waals surface area contributed by atoms with Crippen LogP contribution in [0, 0.1) is 0 Å². The van der Waals surface area contributed by atoms with E-state index in [9.17, 15) is 4.79 Å². The molecule has 74 valence electrons. The molecule has 0 unspecified atom stereocenters. The molecule has 0 fully saturated rings. The summed E-state index contributed by atoms with van der Waals surface area (Å²) < 4.78 is 4.53. The average molecular weight is 256 g/mol. The molecule has 0 N–H and O–H groups in total. The van der Waals surface area contributed by atoms with Crippen LogP contribution in [0.2, 0.25) is 0 Å². The molecule has 14 heavy (non-hydrogen) atoms. The summed E-state index contributed by atoms with van der Waals surface area (Å²) in [5.41, 5.74) is 1.28. The number of carbonyl (C=O) groups is 1. The van der Waals surface area contributed by atoms with E-state index < -0.39 is 5.97 Å². The lowest BCUT2D eigenvalue weighted by molar-refractivity contribution is 0.0594. The Hall–Kier alpha value is -1.16. The molecule has 0 saturated heterocycles. The van der Waals surface area contributed by atoms with Gasteiger partial charge in [0.05, 0.1) is 7.11 Å². The third-order valence-electron chi connectivity index (χ3n) is 1.58. The fourth-order valence-electron chi connectivity index (χ4n) is 0.910. The molecule has 0 amide bonds. The first-order valence-electron chi connectivity index (χ1n) is 4.05. The van der Waals surface area contributed by atoms with Crippen molar-refractivity contribution in [2.24, 2.45) is 0 Å². The molecule has 1 aromatic heterocycles. The van der Waals surface area contributed by atoms with Crippen molar-refractivity contribution >= 4 is 28.0 Å². The summed E-state index contributed by atoms with van der Waals surface area (Å²) in [6.45, 7) is 0. The number of pyridine rings is 1. The fraction of sp³-hybridized carbons (Fsp3) is 0.200. The number of aromatic nitrogens is 1. The predicted octanol–water partition coefficient (Wildman–Crippen LogP) is 2.28. The van der Waals surface area contributed by atoms with Gasteiger partial charge in [0.15, 0.2) is 0 Å². The number of rotatable bonds is 3. The topological polar surface area (TPSA) is 39.2 Å². The van der Waals surface area contributed by atoms with E-state index in [0.29, 0.717) is 5.69 Å². The molecule has 0 atom stereocenters. The number of hydrogen-bond acceptors (Lipinski definition) is 3. The van der Waals surface area contributed by atoms with Crippen LogP contribution in [-0.4, -0.2) is 23.4 Å². The van der Waals surface area contributed by atoms with Gasteiger partial charge in [0.2, 0.25) is 0 Å². The molecule has 0 aliphatic carbocycles. The molecule has 0 saturated carbocycles. The van der Waals surface area contributed by atoms with Gasteiger partial charge >= 0.3 is 5.97 Å². The first-order valence-corrected chi connectivity index (χ1v) is 5.17. The highest BCUT2D eigenvalue weighted by Crippen LogP contribution is 2.03. The molecular formula is C10H10BrNO2. The minimum absolute atomic E-state index is 0.323. The largest absolute Gasteiger partial charge is 0.464 e. The number of ether oxygens (including phenoxy) is 1. The maximum absolute atomic E-state index is 11.0. The Morgan fingerprint density at radius 3 is 2.93 bits per heavy atom. The zero-order valence-corrected chi connectivity index (χ0v) is 9.32. The van der Waals surface area contributed by atoms with E-state index in [-0.39, 0.29) is 0 Å². The first kappa shape index (κ1) is 10.9. The molecule has 0 bridgehead atoms. The Bertz CT molecular complexity index is 332. The average Bonchev–Trinajstić information content (AvgIpc) is 2.26. The Balaban J connectivity index is 2.78. The molecule has 0 aliphatic rings. The summed E-state index contributed by atoms with van der Waals surface area (Å²) >= 11 is 3.27. The van der Waals surface area contributed by atoms with Gasteiger partial charge < -0.3 is 4.74 Å². The second-order valence-electron chi connectivity index (χ2n) is 2.53. The molecule has 4 heteroatoms. The molecule has 0 aliphatic heterocycles. The monoisotopic (exact) mass is 255 g/mol. The zero-order chi connectivity index (χ0) is 10.4. The van der Waals surface area contributed by atoms with Crippen LogP contribution in [0.25, 0.3) is 6.08 Å². The van der Waals surface area contributed by atoms with Crippen molar-refractivity contribution in [2.75, 3.05) is 12.4 Å². The second-order valence-corrected chi connectivity index (χ2v) is 3.17. The first-order chi connectivity index (χ1) is 6.77. The van der Waals surface area contributed by atoms with E-state index in [0.717, 1.165) is 10.9 Å². The van der Waals surface area contributed by atoms with Gasteiger partial charge in [-0.2, -0.15) is 0 Å². The quantitative estimate of drug-likeness (QED) is 0.615. The standard InChI is InChI=1S/C10H10BrNO2/c1-14-10(13)9-5-4-8(7-12-9)3-2-6-11/h2-5,7H,6H2,1H3. The number of nitrogens with zero attached hydrogens (tertiary/aromatic N) is 1. The molecule has 0 spiro atoms. The summed E-state index contributed by atoms with van der Waals surface area (Å²) in [4.78, 5) is 15.0. The van der Waals surface area contributed by atoms with E-state index >= 15 is 0 Å². The molecule has 1 aromatic rings. The number of allylic oxidation sites excluding steroid dienone is 1. The highest BCUT2D eigenvalue weighted by Gasteiger charge is 2.04. The van der Waals surface area contributed by atoms with Gasteiger partial charge in [-0.15, -0.1) is 0 Å². The zero-order valence-electron chi connectivity index (χ0n) is 7.74. The van der Waals surface area contributed by atoms with Crippen LogP contribution in [0.3, 0.4) is 0 Å². The number of methoxy groups -OCH3 is 1. The molecule has 1 rings (SSSR count). The second kappa shape index (κ2) is 5.54. The van der Waals surface area contributed by atoms with E-state index in [1.807, 2.05) is 18.2 Å². The smallest absolute Gasteiger partial charge is 0.356 e. The fourth-order valence-corrected chi connectivity index (χ4v) is 1.10. The van der Waals surface area contributed by atoms with Crippen LogP contribution in [0.4, 0.5) is 0 Å². The number of carbonyl (C=O) groups excluding carboxylic acids is 1. The van der Waals surface area contributed by atoms with Crippen LogP contribution in [-0.2, 0) is 4.74 Å². The van der Waals surface area contributed by atoms with Crippen molar-refractivity contribution in [2.45, 2.75) is 0 Å². The summed E-state index contributed by atoms with van der Waals surface area (Å²) in [7, 11) is 1.34. The van der Waals surface area contributed by atoms with E-state index in [4.69, 9.17) is 0 Å². The van der Waals surface area contributed by atoms with Crippen molar-refractivity contribution < 1.29 is 9.53 Å². The van der Waals surface area contributed by atoms with Gasteiger partial charge in [0.25, 0.3) is 0 Å². The normalized spacial score (nSPS) is 10.4. The highest BCUT2D eigenvalue weighted by atomic mass is 79.9. The number of halogens is 1. The number of hydrogen-bond donors (Lipinski definition) is 0. The maximum atomic E-state index is 11.0. The Morgan fingerprint density at radius 2 is 2.43 bits per heavy atom. The predicted molar refractivity (Wildman–Crippen MR) is 58.4 cm³/mol. The van der Waals surface area contributed by atoms with E-state index in [2.05, 4.69) is 25.7 Å². The molecular weight excluding hydrogens is 246 g/mol. The van der Waals surface area contributed by atoms with Crippen molar-refractivity contribution in [3.05, 3.63) is 35.7 Å². The maximum Gasteiger partial charge on any atom is 0.356 e. The minimum atomic E-state index is -0.416. The van der Waals surface area contributed by atoms with Crippen molar-refractivity contribution in [3.8, 4) is 0 Å². The summed E-state index contributed by atoms with van der Waals surface area (Å²) in [6.07, 6.45) is 5.50. The van der Waals surface area contributed by atoms with Crippen molar-refractivity contribution in [1.29, 1.82) is 0 Å². The van der Waals surface area contributed by atoms with Crippen LogP contribution in [0.1, 0.15) is 16.1 Å². The van der Waals surface area contributed by atoms with Crippen molar-refractivity contribution in [3.63, 3.8) is 0 Å². The van der Waals surface area contributed by atoms with Gasteiger partial charge in [0.1, 0.15) is 5.69 Å². The Morgan fingerprint density at radius 1 is 1.64 bits per heavy atom. The lowest BCUT2D eigenvalue weighted by atomic mass is 10.2. The van der Waals surface area contributed by atoms with Crippen LogP contribution in [0.15, 0.2) is 24.4 Å². The van der Waals surface area contributed by atoms with E-state index in [1.54, 1.807) is 12.3 Å². The summed E-state index contributed by atoms with van der Waals surface area (Å²) in [5.74, 6) is -0.416. The molecule has 0 radical (unpaired) electrons. The summed E-state index contributed by atoms with van der Waals surface area (Å²) in [6, 6.07) is 3.46. The highest BCUT2D eigenvalue weighted by molar-refractivity contribution is 9.09. The van der Waals surface area contributed by atoms with Gasteiger partial charge in [-0.25, -0.2) is 9.78 Å². The number of esters is 1. The van der Waals surface area contributed by atoms with Gasteiger partial charge in [0, 0.05) is 11.5 Å². The lowest BCUT2D eigenvalue weighted by Gasteiger charge is -1.97. The minimum Gasteiger partial charge on any atom is -0.464 e. The molecule has 3 nitrogen and oxygen atoms in total. The van der Waals surface area contributed by atoms with Crippen LogP contribution >= 0.6 is 15.9 Å². The van der Waals surface area contributed by atoms with Crippen molar-refractivity contribution in [1.82, 2.24) is 4.98 Å². The Kier molecular flexibility index (Phi) is 4.32. The Labute approximate surface area is 90.9 Å². The number of alkyl halides is 1. The third-order valence-corrected chi connectivity index (χ3v) is 1.95. The summed E-state index contributed by atoms with van der Waals surface area (Å²) in [5, 5.41) is 0.797. The SMILES string of the molecule is COC(=O)c1ccc(C=CCBr)cn1. The van der Waals surface area contributed by atoms with Crippen LogP contribution in [0.5, 0.6) is 0 Å². The van der Waals surface area contributed by atoms with Crippen LogP contribution < -0.4 is 0 Å². The lowest BCUT2D eigenvalue weighted by Crippen LogP contribution is -2.03. The van der Waals surface area contributed by atoms with Gasteiger partial charge in [-0.3, -0.25) is 0 Å². The molecule has 0 aromatic carbocycles. The van der Waals surface area contributed by atoms with E-state index in [1.165, 1.54) is 7.11 Å².